The molecule has 1 N–H and O–H groups in total. The third-order valence-corrected chi connectivity index (χ3v) is 4.24. The molecular weight excluding hydrogens is 338 g/mol. The first kappa shape index (κ1) is 13.4. The number of benzene rings is 2. The molecule has 0 spiro atoms. The quantitative estimate of drug-likeness (QED) is 0.640. The Labute approximate surface area is 129 Å². The number of nitrogens with one attached hydrogen (secondary N) is 1. The van der Waals surface area contributed by atoms with Crippen molar-refractivity contribution >= 4 is 44.2 Å². The molecule has 4 heteroatoms. The molecule has 0 radical (unpaired) electrons. The summed E-state index contributed by atoms with van der Waals surface area (Å²) in [6.45, 7) is 1.99. The molecule has 0 saturated carbocycles. The first-order chi connectivity index (χ1) is 9.58. The molecule has 0 atom stereocenters. The fraction of sp³-hybridized carbons (Fsp3) is 0.0625. The van der Waals surface area contributed by atoms with Gasteiger partial charge in [0.2, 0.25) is 0 Å². The Morgan fingerprint density at radius 3 is 2.75 bits per heavy atom. The predicted octanol–water partition coefficient (Wildman–Crippen LogP) is 5.12. The zero-order valence-electron chi connectivity index (χ0n) is 10.7. The highest BCUT2D eigenvalue weighted by Crippen LogP contribution is 2.30. The summed E-state index contributed by atoms with van der Waals surface area (Å²) in [6, 6.07) is 11.2. The minimum absolute atomic E-state index is 0.0452. The maximum Gasteiger partial charge on any atom is 0.196 e. The van der Waals surface area contributed by atoms with E-state index in [9.17, 15) is 4.79 Å². The lowest BCUT2D eigenvalue weighted by Crippen LogP contribution is -2.02. The lowest BCUT2D eigenvalue weighted by atomic mass is 10.0. The Bertz CT molecular complexity index is 822. The average molecular weight is 349 g/mol. The summed E-state index contributed by atoms with van der Waals surface area (Å²) in [4.78, 5) is 15.8. The van der Waals surface area contributed by atoms with E-state index in [1.165, 1.54) is 0 Å². The normalized spacial score (nSPS) is 10.9. The van der Waals surface area contributed by atoms with Crippen molar-refractivity contribution < 1.29 is 4.79 Å². The molecular formula is C16H11BrClNO. The first-order valence-corrected chi connectivity index (χ1v) is 7.31. The van der Waals surface area contributed by atoms with Crippen molar-refractivity contribution in [2.24, 2.45) is 0 Å². The minimum Gasteiger partial charge on any atom is -0.360 e. The van der Waals surface area contributed by atoms with Crippen LogP contribution in [0.5, 0.6) is 0 Å². The van der Waals surface area contributed by atoms with Gasteiger partial charge in [0.15, 0.2) is 5.78 Å². The molecule has 1 aromatic heterocycles. The van der Waals surface area contributed by atoms with Crippen molar-refractivity contribution in [2.45, 2.75) is 6.92 Å². The van der Waals surface area contributed by atoms with Gasteiger partial charge in [-0.25, -0.2) is 0 Å². The average Bonchev–Trinajstić information content (AvgIpc) is 2.83. The Morgan fingerprint density at radius 1 is 1.20 bits per heavy atom. The van der Waals surface area contributed by atoms with Crippen LogP contribution in [0.3, 0.4) is 0 Å². The third kappa shape index (κ3) is 2.17. The summed E-state index contributed by atoms with van der Waals surface area (Å²) in [5.41, 5.74) is 3.20. The molecule has 20 heavy (non-hydrogen) atoms. The second kappa shape index (κ2) is 5.08. The highest BCUT2D eigenvalue weighted by atomic mass is 79.9. The van der Waals surface area contributed by atoms with Crippen molar-refractivity contribution in [3.8, 4) is 0 Å². The van der Waals surface area contributed by atoms with E-state index in [-0.39, 0.29) is 5.78 Å². The number of fused-ring (bicyclic) bond motifs is 1. The van der Waals surface area contributed by atoms with Crippen LogP contribution in [0.4, 0.5) is 0 Å². The SMILES string of the molecule is Cc1ccc(C(=O)c2c[nH]c3cccc(Cl)c23)c(Br)c1. The van der Waals surface area contributed by atoms with Gasteiger partial charge in [0.1, 0.15) is 0 Å². The fourth-order valence-corrected chi connectivity index (χ4v) is 3.22. The number of carbonyl (C=O) groups excluding carboxylic acids is 1. The van der Waals surface area contributed by atoms with Crippen molar-refractivity contribution in [1.82, 2.24) is 4.98 Å². The molecule has 0 bridgehead atoms. The summed E-state index contributed by atoms with van der Waals surface area (Å²) in [5.74, 6) is -0.0452. The van der Waals surface area contributed by atoms with Crippen LogP contribution in [0.1, 0.15) is 21.5 Å². The fourth-order valence-electron chi connectivity index (χ4n) is 2.27. The van der Waals surface area contributed by atoms with Gasteiger partial charge in [0, 0.05) is 32.7 Å². The van der Waals surface area contributed by atoms with Gasteiger partial charge in [-0.2, -0.15) is 0 Å². The van der Waals surface area contributed by atoms with Crippen LogP contribution in [0.2, 0.25) is 5.02 Å². The number of ketones is 1. The van der Waals surface area contributed by atoms with E-state index in [1.807, 2.05) is 37.3 Å². The monoisotopic (exact) mass is 347 g/mol. The lowest BCUT2D eigenvalue weighted by molar-refractivity contribution is 0.103. The molecule has 0 fully saturated rings. The number of halogens is 2. The van der Waals surface area contributed by atoms with E-state index in [0.717, 1.165) is 20.9 Å². The number of aryl methyl sites for hydroxylation is 1. The molecule has 100 valence electrons. The Balaban J connectivity index is 2.18. The van der Waals surface area contributed by atoms with Gasteiger partial charge in [0.05, 0.1) is 5.02 Å². The highest BCUT2D eigenvalue weighted by Gasteiger charge is 2.18. The summed E-state index contributed by atoms with van der Waals surface area (Å²) in [6.07, 6.45) is 1.71. The van der Waals surface area contributed by atoms with Crippen LogP contribution in [-0.4, -0.2) is 10.8 Å². The molecule has 3 aromatic rings. The van der Waals surface area contributed by atoms with Crippen molar-refractivity contribution in [2.75, 3.05) is 0 Å². The lowest BCUT2D eigenvalue weighted by Gasteiger charge is -2.05. The summed E-state index contributed by atoms with van der Waals surface area (Å²) in [5, 5.41) is 1.35. The van der Waals surface area contributed by atoms with E-state index in [4.69, 9.17) is 11.6 Å². The molecule has 2 aromatic carbocycles. The van der Waals surface area contributed by atoms with Gasteiger partial charge in [-0.15, -0.1) is 0 Å². The molecule has 0 unspecified atom stereocenters. The molecule has 0 amide bonds. The smallest absolute Gasteiger partial charge is 0.196 e. The Hall–Kier alpha value is -1.58. The maximum absolute atomic E-state index is 12.7. The van der Waals surface area contributed by atoms with Crippen LogP contribution in [0, 0.1) is 6.92 Å². The molecule has 0 saturated heterocycles. The van der Waals surface area contributed by atoms with E-state index in [1.54, 1.807) is 12.3 Å². The minimum atomic E-state index is -0.0452. The number of aromatic nitrogens is 1. The molecule has 0 aliphatic heterocycles. The van der Waals surface area contributed by atoms with Gasteiger partial charge >= 0.3 is 0 Å². The van der Waals surface area contributed by atoms with Crippen LogP contribution >= 0.6 is 27.5 Å². The van der Waals surface area contributed by atoms with Gasteiger partial charge < -0.3 is 4.98 Å². The number of aromatic amines is 1. The Kier molecular flexibility index (Phi) is 3.40. The third-order valence-electron chi connectivity index (χ3n) is 3.27. The molecule has 1 heterocycles. The number of carbonyl (C=O) groups is 1. The molecule has 0 aliphatic carbocycles. The number of H-pyrrole nitrogens is 1. The first-order valence-electron chi connectivity index (χ1n) is 6.14. The summed E-state index contributed by atoms with van der Waals surface area (Å²) in [7, 11) is 0. The second-order valence-electron chi connectivity index (χ2n) is 4.68. The number of rotatable bonds is 2. The van der Waals surface area contributed by atoms with Crippen LogP contribution in [0.25, 0.3) is 10.9 Å². The van der Waals surface area contributed by atoms with Gasteiger partial charge in [-0.3, -0.25) is 4.79 Å². The van der Waals surface area contributed by atoms with E-state index < -0.39 is 0 Å². The van der Waals surface area contributed by atoms with Gasteiger partial charge in [0.25, 0.3) is 0 Å². The van der Waals surface area contributed by atoms with Crippen molar-refractivity contribution in [1.29, 1.82) is 0 Å². The van der Waals surface area contributed by atoms with E-state index in [0.29, 0.717) is 16.1 Å². The van der Waals surface area contributed by atoms with Crippen molar-refractivity contribution in [3.63, 3.8) is 0 Å². The van der Waals surface area contributed by atoms with Crippen LogP contribution < -0.4 is 0 Å². The number of hydrogen-bond donors (Lipinski definition) is 1. The van der Waals surface area contributed by atoms with Crippen LogP contribution in [-0.2, 0) is 0 Å². The predicted molar refractivity (Wildman–Crippen MR) is 85.6 cm³/mol. The van der Waals surface area contributed by atoms with Gasteiger partial charge in [-0.05, 0) is 36.8 Å². The summed E-state index contributed by atoms with van der Waals surface area (Å²) >= 11 is 9.67. The summed E-state index contributed by atoms with van der Waals surface area (Å²) < 4.78 is 0.795. The standard InChI is InChI=1S/C16H11BrClNO/c1-9-5-6-10(12(17)7-9)16(20)11-8-19-14-4-2-3-13(18)15(11)14/h2-8,19H,1H3. The topological polar surface area (TPSA) is 32.9 Å². The van der Waals surface area contributed by atoms with E-state index >= 15 is 0 Å². The molecule has 3 rings (SSSR count). The zero-order chi connectivity index (χ0) is 14.3. The number of hydrogen-bond acceptors (Lipinski definition) is 1. The second-order valence-corrected chi connectivity index (χ2v) is 5.94. The van der Waals surface area contributed by atoms with Crippen molar-refractivity contribution in [3.05, 3.63) is 68.8 Å². The largest absolute Gasteiger partial charge is 0.360 e. The van der Waals surface area contributed by atoms with E-state index in [2.05, 4.69) is 20.9 Å². The highest BCUT2D eigenvalue weighted by molar-refractivity contribution is 9.10. The molecule has 0 aliphatic rings. The van der Waals surface area contributed by atoms with Crippen LogP contribution in [0.15, 0.2) is 47.1 Å². The van der Waals surface area contributed by atoms with Gasteiger partial charge in [-0.1, -0.05) is 39.7 Å². The Morgan fingerprint density at radius 2 is 2.00 bits per heavy atom. The maximum atomic E-state index is 12.7. The molecule has 2 nitrogen and oxygen atoms in total. The zero-order valence-corrected chi connectivity index (χ0v) is 13.0.